The Kier molecular flexibility index (Phi) is 4.23. The third kappa shape index (κ3) is 3.88. The molecule has 0 heterocycles. The minimum absolute atomic E-state index is 0.114. The number of carboxylic acid groups (broad SMARTS) is 1. The predicted molar refractivity (Wildman–Crippen MR) is 65.4 cm³/mol. The van der Waals surface area contributed by atoms with Gasteiger partial charge in [0, 0.05) is 6.08 Å². The third-order valence-corrected chi connectivity index (χ3v) is 3.66. The van der Waals surface area contributed by atoms with Crippen LogP contribution in [0.2, 0.25) is 0 Å². The highest BCUT2D eigenvalue weighted by Crippen LogP contribution is 2.13. The van der Waals surface area contributed by atoms with Gasteiger partial charge in [-0.15, -0.1) is 6.58 Å². The van der Waals surface area contributed by atoms with Crippen molar-refractivity contribution in [3.05, 3.63) is 48.6 Å². The molecular weight excluding hydrogens is 240 g/mol. The van der Waals surface area contributed by atoms with Crippen molar-refractivity contribution in [2.24, 2.45) is 0 Å². The van der Waals surface area contributed by atoms with Crippen LogP contribution in [0, 0.1) is 0 Å². The summed E-state index contributed by atoms with van der Waals surface area (Å²) in [6.07, 6.45) is 3.72. The molecule has 0 atom stereocenters. The number of carbonyl (C=O) groups is 1. The van der Waals surface area contributed by atoms with Gasteiger partial charge in [-0.3, -0.25) is 0 Å². The summed E-state index contributed by atoms with van der Waals surface area (Å²) in [5, 5.41) is 8.43. The first-order valence-electron chi connectivity index (χ1n) is 4.80. The molecule has 0 spiro atoms. The van der Waals surface area contributed by atoms with Gasteiger partial charge >= 0.3 is 5.97 Å². The van der Waals surface area contributed by atoms with E-state index in [0.29, 0.717) is 5.56 Å². The molecule has 0 unspecified atom stereocenters. The van der Waals surface area contributed by atoms with Crippen molar-refractivity contribution in [2.75, 3.05) is 5.75 Å². The lowest BCUT2D eigenvalue weighted by atomic mass is 10.2. The van der Waals surface area contributed by atoms with Gasteiger partial charge in [0.2, 0.25) is 0 Å². The number of sulfone groups is 1. The first kappa shape index (κ1) is 13.2. The molecule has 5 heteroatoms. The Morgan fingerprint density at radius 2 is 1.88 bits per heavy atom. The molecule has 90 valence electrons. The monoisotopic (exact) mass is 252 g/mol. The number of benzene rings is 1. The fourth-order valence-electron chi connectivity index (χ4n) is 1.21. The Morgan fingerprint density at radius 1 is 1.29 bits per heavy atom. The summed E-state index contributed by atoms with van der Waals surface area (Å²) < 4.78 is 23.3. The molecule has 0 radical (unpaired) electrons. The smallest absolute Gasteiger partial charge is 0.328 e. The second-order valence-corrected chi connectivity index (χ2v) is 5.34. The number of aliphatic carboxylic acids is 1. The van der Waals surface area contributed by atoms with E-state index in [1.807, 2.05) is 0 Å². The van der Waals surface area contributed by atoms with Gasteiger partial charge in [0.1, 0.15) is 0 Å². The normalized spacial score (nSPS) is 11.5. The molecule has 0 amide bonds. The molecule has 0 fully saturated rings. The summed E-state index contributed by atoms with van der Waals surface area (Å²) in [5.41, 5.74) is 0.630. The largest absolute Gasteiger partial charge is 0.478 e. The molecule has 4 nitrogen and oxygen atoms in total. The fraction of sp³-hybridized carbons (Fsp3) is 0.0833. The standard InChI is InChI=1S/C12H12O4S/c1-2-9-17(15,16)11-6-3-10(4-7-11)5-8-12(13)14/h2-8H,1,9H2,(H,13,14)/b8-5+. The van der Waals surface area contributed by atoms with Crippen LogP contribution in [0.3, 0.4) is 0 Å². The lowest BCUT2D eigenvalue weighted by Gasteiger charge is -2.01. The molecule has 0 bridgehead atoms. The molecule has 0 aliphatic carbocycles. The van der Waals surface area contributed by atoms with E-state index in [4.69, 9.17) is 5.11 Å². The van der Waals surface area contributed by atoms with Crippen molar-refractivity contribution in [1.82, 2.24) is 0 Å². The van der Waals surface area contributed by atoms with Crippen molar-refractivity contribution < 1.29 is 18.3 Å². The van der Waals surface area contributed by atoms with Crippen LogP contribution in [0.4, 0.5) is 0 Å². The van der Waals surface area contributed by atoms with Gasteiger partial charge < -0.3 is 5.11 Å². The van der Waals surface area contributed by atoms with E-state index in [9.17, 15) is 13.2 Å². The van der Waals surface area contributed by atoms with E-state index in [0.717, 1.165) is 6.08 Å². The van der Waals surface area contributed by atoms with Gasteiger partial charge in [-0.1, -0.05) is 18.2 Å². The molecule has 0 saturated heterocycles. The van der Waals surface area contributed by atoms with E-state index in [1.165, 1.54) is 24.3 Å². The Bertz CT molecular complexity index is 538. The van der Waals surface area contributed by atoms with Crippen molar-refractivity contribution in [2.45, 2.75) is 4.90 Å². The fourth-order valence-corrected chi connectivity index (χ4v) is 2.26. The molecule has 1 aromatic carbocycles. The topological polar surface area (TPSA) is 71.4 Å². The first-order chi connectivity index (χ1) is 7.95. The van der Waals surface area contributed by atoms with Crippen molar-refractivity contribution in [3.8, 4) is 0 Å². The summed E-state index contributed by atoms with van der Waals surface area (Å²) in [6, 6.07) is 5.99. The van der Waals surface area contributed by atoms with E-state index < -0.39 is 15.8 Å². The average Bonchev–Trinajstić information content (AvgIpc) is 2.27. The van der Waals surface area contributed by atoms with Gasteiger partial charge in [-0.05, 0) is 23.8 Å². The number of hydrogen-bond donors (Lipinski definition) is 1. The second-order valence-electron chi connectivity index (χ2n) is 3.31. The van der Waals surface area contributed by atoms with E-state index in [-0.39, 0.29) is 10.6 Å². The summed E-state index contributed by atoms with van der Waals surface area (Å²) in [7, 11) is -3.32. The average molecular weight is 252 g/mol. The zero-order valence-electron chi connectivity index (χ0n) is 9.04. The van der Waals surface area contributed by atoms with Gasteiger partial charge in [-0.25, -0.2) is 13.2 Å². The molecule has 0 aromatic heterocycles. The SMILES string of the molecule is C=CCS(=O)(=O)c1ccc(/C=C/C(=O)O)cc1. The zero-order valence-corrected chi connectivity index (χ0v) is 9.85. The van der Waals surface area contributed by atoms with Crippen LogP contribution in [0.1, 0.15) is 5.56 Å². The number of carboxylic acids is 1. The number of rotatable bonds is 5. The van der Waals surface area contributed by atoms with Gasteiger partial charge in [-0.2, -0.15) is 0 Å². The van der Waals surface area contributed by atoms with Gasteiger partial charge in [0.25, 0.3) is 0 Å². The molecule has 1 rings (SSSR count). The summed E-state index contributed by atoms with van der Waals surface area (Å²) in [4.78, 5) is 10.5. The van der Waals surface area contributed by atoms with Gasteiger partial charge in [0.15, 0.2) is 9.84 Å². The molecule has 17 heavy (non-hydrogen) atoms. The van der Waals surface area contributed by atoms with E-state index in [2.05, 4.69) is 6.58 Å². The lowest BCUT2D eigenvalue weighted by molar-refractivity contribution is -0.131. The van der Waals surface area contributed by atoms with E-state index in [1.54, 1.807) is 12.1 Å². The number of hydrogen-bond acceptors (Lipinski definition) is 3. The van der Waals surface area contributed by atoms with Crippen LogP contribution in [-0.2, 0) is 14.6 Å². The van der Waals surface area contributed by atoms with Gasteiger partial charge in [0.05, 0.1) is 10.6 Å². The molecule has 0 aliphatic rings. The first-order valence-corrected chi connectivity index (χ1v) is 6.45. The Balaban J connectivity index is 2.96. The van der Waals surface area contributed by atoms with Crippen molar-refractivity contribution in [1.29, 1.82) is 0 Å². The van der Waals surface area contributed by atoms with Crippen LogP contribution < -0.4 is 0 Å². The molecule has 0 aliphatic heterocycles. The van der Waals surface area contributed by atoms with Crippen LogP contribution in [0.25, 0.3) is 6.08 Å². The summed E-state index contributed by atoms with van der Waals surface area (Å²) in [6.45, 7) is 3.38. The minimum Gasteiger partial charge on any atom is -0.478 e. The highest BCUT2D eigenvalue weighted by atomic mass is 32.2. The maximum Gasteiger partial charge on any atom is 0.328 e. The zero-order chi connectivity index (χ0) is 12.9. The van der Waals surface area contributed by atoms with E-state index >= 15 is 0 Å². The Labute approximate surface area is 99.8 Å². The van der Waals surface area contributed by atoms with Crippen LogP contribution in [0.5, 0.6) is 0 Å². The molecule has 0 saturated carbocycles. The quantitative estimate of drug-likeness (QED) is 0.640. The lowest BCUT2D eigenvalue weighted by Crippen LogP contribution is -2.04. The summed E-state index contributed by atoms with van der Waals surface area (Å²) in [5.74, 6) is -1.16. The second kappa shape index (κ2) is 5.45. The highest BCUT2D eigenvalue weighted by Gasteiger charge is 2.11. The van der Waals surface area contributed by atoms with Crippen LogP contribution in [-0.4, -0.2) is 25.2 Å². The van der Waals surface area contributed by atoms with Crippen molar-refractivity contribution in [3.63, 3.8) is 0 Å². The van der Waals surface area contributed by atoms with Crippen LogP contribution >= 0.6 is 0 Å². The molecular formula is C12H12O4S. The van der Waals surface area contributed by atoms with Crippen molar-refractivity contribution >= 4 is 21.9 Å². The Hall–Kier alpha value is -1.88. The minimum atomic E-state index is -3.32. The third-order valence-electron chi connectivity index (χ3n) is 1.99. The maximum absolute atomic E-state index is 11.6. The Morgan fingerprint density at radius 3 is 2.35 bits per heavy atom. The maximum atomic E-state index is 11.6. The highest BCUT2D eigenvalue weighted by molar-refractivity contribution is 7.91. The predicted octanol–water partition coefficient (Wildman–Crippen LogP) is 1.74. The summed E-state index contributed by atoms with van der Waals surface area (Å²) >= 11 is 0. The molecule has 1 aromatic rings. The molecule has 1 N–H and O–H groups in total. The van der Waals surface area contributed by atoms with Crippen LogP contribution in [0.15, 0.2) is 47.9 Å².